The Balaban J connectivity index is 1.32. The molecular formula is C21H25ClN4O2. The third-order valence-corrected chi connectivity index (χ3v) is 7.12. The summed E-state index contributed by atoms with van der Waals surface area (Å²) in [6.07, 6.45) is 14.4. The molecule has 1 amide bonds. The van der Waals surface area contributed by atoms with Crippen LogP contribution in [0.25, 0.3) is 0 Å². The molecule has 1 aliphatic carbocycles. The summed E-state index contributed by atoms with van der Waals surface area (Å²) in [7, 11) is 0. The van der Waals surface area contributed by atoms with Crippen LogP contribution in [0.15, 0.2) is 30.6 Å². The van der Waals surface area contributed by atoms with Crippen molar-refractivity contribution < 1.29 is 9.53 Å². The number of nitrogens with zero attached hydrogens (tertiary/aromatic N) is 4. The quantitative estimate of drug-likeness (QED) is 0.713. The minimum absolute atomic E-state index is 0.0569. The van der Waals surface area contributed by atoms with E-state index in [-0.39, 0.29) is 18.2 Å². The summed E-state index contributed by atoms with van der Waals surface area (Å²) in [5.74, 6) is 1.46. The number of carbonyl (C=O) groups is 1. The number of amides is 1. The van der Waals surface area contributed by atoms with Crippen molar-refractivity contribution in [2.45, 2.75) is 56.9 Å². The predicted molar refractivity (Wildman–Crippen MR) is 107 cm³/mol. The molecule has 0 radical (unpaired) electrons. The molecule has 3 atom stereocenters. The lowest BCUT2D eigenvalue weighted by molar-refractivity contribution is -0.140. The maximum absolute atomic E-state index is 13.5. The number of fused-ring (bicyclic) bond motifs is 1. The second-order valence-corrected chi connectivity index (χ2v) is 8.59. The van der Waals surface area contributed by atoms with Gasteiger partial charge in [0.2, 0.25) is 0 Å². The van der Waals surface area contributed by atoms with Gasteiger partial charge < -0.3 is 14.5 Å². The lowest BCUT2D eigenvalue weighted by Crippen LogP contribution is -2.52. The third-order valence-electron chi connectivity index (χ3n) is 6.74. The summed E-state index contributed by atoms with van der Waals surface area (Å²) in [5.41, 5.74) is 0.218. The van der Waals surface area contributed by atoms with Crippen molar-refractivity contribution in [2.75, 3.05) is 18.0 Å². The van der Waals surface area contributed by atoms with Crippen molar-refractivity contribution in [2.24, 2.45) is 5.92 Å². The van der Waals surface area contributed by atoms with E-state index in [1.165, 1.54) is 6.33 Å². The van der Waals surface area contributed by atoms with Crippen LogP contribution >= 0.6 is 11.6 Å². The van der Waals surface area contributed by atoms with Crippen molar-refractivity contribution in [1.29, 1.82) is 0 Å². The van der Waals surface area contributed by atoms with E-state index in [1.807, 2.05) is 6.92 Å². The maximum Gasteiger partial charge on any atom is 0.257 e. The van der Waals surface area contributed by atoms with E-state index in [0.29, 0.717) is 23.9 Å². The molecule has 148 valence electrons. The summed E-state index contributed by atoms with van der Waals surface area (Å²) in [6, 6.07) is 0.263. The Hall–Kier alpha value is -1.92. The van der Waals surface area contributed by atoms with E-state index in [1.54, 1.807) is 0 Å². The van der Waals surface area contributed by atoms with Gasteiger partial charge in [-0.1, -0.05) is 35.9 Å². The molecule has 6 nitrogen and oxygen atoms in total. The number of rotatable bonds is 2. The number of aromatic nitrogens is 2. The fraction of sp³-hybridized carbons (Fsp3) is 0.571. The molecule has 4 aliphatic rings. The highest BCUT2D eigenvalue weighted by atomic mass is 35.5. The van der Waals surface area contributed by atoms with Gasteiger partial charge >= 0.3 is 0 Å². The van der Waals surface area contributed by atoms with Crippen LogP contribution in [-0.2, 0) is 9.53 Å². The average Bonchev–Trinajstić information content (AvgIpc) is 3.24. The molecule has 7 heteroatoms. The van der Waals surface area contributed by atoms with Crippen LogP contribution in [0.1, 0.15) is 37.7 Å². The molecule has 3 saturated heterocycles. The van der Waals surface area contributed by atoms with Crippen molar-refractivity contribution in [3.63, 3.8) is 0 Å². The Labute approximate surface area is 170 Å². The zero-order valence-corrected chi connectivity index (χ0v) is 16.8. The second kappa shape index (κ2) is 6.85. The number of allylic oxidation sites excluding steroid dienone is 3. The zero-order chi connectivity index (χ0) is 19.3. The highest BCUT2D eigenvalue weighted by molar-refractivity contribution is 6.30. The molecule has 1 aromatic rings. The largest absolute Gasteiger partial charge is 0.356 e. The van der Waals surface area contributed by atoms with Crippen molar-refractivity contribution in [3.8, 4) is 0 Å². The summed E-state index contributed by atoms with van der Waals surface area (Å²) in [4.78, 5) is 26.2. The van der Waals surface area contributed by atoms with Crippen LogP contribution in [0.4, 0.5) is 5.82 Å². The maximum atomic E-state index is 13.5. The molecule has 1 spiro atoms. The summed E-state index contributed by atoms with van der Waals surface area (Å²) >= 11 is 6.16. The molecule has 0 bridgehead atoms. The summed E-state index contributed by atoms with van der Waals surface area (Å²) in [6.45, 7) is 3.40. The van der Waals surface area contributed by atoms with Gasteiger partial charge in [0.15, 0.2) is 5.60 Å². The molecule has 1 unspecified atom stereocenters. The van der Waals surface area contributed by atoms with Crippen LogP contribution in [0, 0.1) is 12.8 Å². The van der Waals surface area contributed by atoms with Crippen LogP contribution < -0.4 is 4.90 Å². The first-order chi connectivity index (χ1) is 13.6. The first kappa shape index (κ1) is 18.1. The Morgan fingerprint density at radius 1 is 1.21 bits per heavy atom. The van der Waals surface area contributed by atoms with Crippen LogP contribution in [0.3, 0.4) is 0 Å². The van der Waals surface area contributed by atoms with Crippen molar-refractivity contribution in [1.82, 2.24) is 14.9 Å². The third kappa shape index (κ3) is 2.77. The van der Waals surface area contributed by atoms with Gasteiger partial charge in [0.25, 0.3) is 5.91 Å². The van der Waals surface area contributed by atoms with E-state index < -0.39 is 5.60 Å². The molecule has 0 saturated carbocycles. The normalized spacial score (nSPS) is 31.1. The molecule has 5 rings (SSSR count). The van der Waals surface area contributed by atoms with Gasteiger partial charge in [0.1, 0.15) is 23.5 Å². The van der Waals surface area contributed by atoms with E-state index in [2.05, 4.69) is 44.1 Å². The molecule has 28 heavy (non-hydrogen) atoms. The molecule has 4 heterocycles. The van der Waals surface area contributed by atoms with Gasteiger partial charge in [-0.3, -0.25) is 4.79 Å². The Bertz CT molecular complexity index is 847. The lowest BCUT2D eigenvalue weighted by Gasteiger charge is -2.38. The lowest BCUT2D eigenvalue weighted by atomic mass is 9.87. The van der Waals surface area contributed by atoms with Crippen LogP contribution in [0.5, 0.6) is 0 Å². The zero-order valence-electron chi connectivity index (χ0n) is 16.1. The first-order valence-electron chi connectivity index (χ1n) is 10.1. The van der Waals surface area contributed by atoms with E-state index in [4.69, 9.17) is 16.3 Å². The van der Waals surface area contributed by atoms with Gasteiger partial charge in [0.05, 0.1) is 0 Å². The van der Waals surface area contributed by atoms with Gasteiger partial charge in [-0.2, -0.15) is 0 Å². The Morgan fingerprint density at radius 2 is 2.04 bits per heavy atom. The Kier molecular flexibility index (Phi) is 4.43. The number of hydrogen-bond acceptors (Lipinski definition) is 5. The summed E-state index contributed by atoms with van der Waals surface area (Å²) in [5, 5.41) is 0.483. The molecule has 0 aromatic carbocycles. The van der Waals surface area contributed by atoms with Gasteiger partial charge in [-0.05, 0) is 26.2 Å². The molecule has 3 fully saturated rings. The standard InChI is InChI=1S/C21H25ClN4O2/c1-14-18(22)23-13-24-19(14)25-11-9-21(10-12-25)20(27)26-16(7-8-17(26)28-21)15-5-3-2-4-6-15/h2-5,13,15-17H,6-12H2,1H3/t15?,16-,17+/m0/s1. The highest BCUT2D eigenvalue weighted by Gasteiger charge is 2.58. The predicted octanol–water partition coefficient (Wildman–Crippen LogP) is 3.26. The fourth-order valence-corrected chi connectivity index (χ4v) is 5.33. The van der Waals surface area contributed by atoms with Gasteiger partial charge in [-0.25, -0.2) is 9.97 Å². The van der Waals surface area contributed by atoms with Gasteiger partial charge in [0, 0.05) is 43.5 Å². The SMILES string of the molecule is Cc1c(Cl)ncnc1N1CCC2(CC1)O[C@@H]1CC[C@@H](C3C=CC=CC3)N1C2=O. The number of ether oxygens (including phenoxy) is 1. The highest BCUT2D eigenvalue weighted by Crippen LogP contribution is 2.45. The molecule has 3 aliphatic heterocycles. The minimum atomic E-state index is -0.668. The van der Waals surface area contributed by atoms with Crippen molar-refractivity contribution in [3.05, 3.63) is 41.3 Å². The van der Waals surface area contributed by atoms with Crippen LogP contribution in [0.2, 0.25) is 5.15 Å². The first-order valence-corrected chi connectivity index (χ1v) is 10.5. The molecule has 1 aromatic heterocycles. The number of anilines is 1. The fourth-order valence-electron chi connectivity index (χ4n) is 5.20. The number of hydrogen-bond donors (Lipinski definition) is 0. The minimum Gasteiger partial charge on any atom is -0.356 e. The van der Waals surface area contributed by atoms with E-state index >= 15 is 0 Å². The summed E-state index contributed by atoms with van der Waals surface area (Å²) < 4.78 is 6.43. The molecular weight excluding hydrogens is 376 g/mol. The topological polar surface area (TPSA) is 58.6 Å². The van der Waals surface area contributed by atoms with Crippen LogP contribution in [-0.4, -0.2) is 51.7 Å². The smallest absolute Gasteiger partial charge is 0.257 e. The number of piperidine rings is 1. The van der Waals surface area contributed by atoms with E-state index in [0.717, 1.165) is 43.7 Å². The van der Waals surface area contributed by atoms with E-state index in [9.17, 15) is 4.79 Å². The van der Waals surface area contributed by atoms with Gasteiger partial charge in [-0.15, -0.1) is 0 Å². The average molecular weight is 401 g/mol. The van der Waals surface area contributed by atoms with Crippen molar-refractivity contribution >= 4 is 23.3 Å². The Morgan fingerprint density at radius 3 is 2.79 bits per heavy atom. The number of carbonyl (C=O) groups excluding carboxylic acids is 1. The monoisotopic (exact) mass is 400 g/mol. The second-order valence-electron chi connectivity index (χ2n) is 8.24. The number of halogens is 1. The molecule has 0 N–H and O–H groups in total.